The molecule has 0 spiro atoms. The van der Waals surface area contributed by atoms with Crippen molar-refractivity contribution in [3.8, 4) is 0 Å². The molecule has 0 radical (unpaired) electrons. The van der Waals surface area contributed by atoms with Crippen molar-refractivity contribution in [2.75, 3.05) is 25.1 Å². The average molecular weight is 259 g/mol. The van der Waals surface area contributed by atoms with Gasteiger partial charge in [-0.1, -0.05) is 29.9 Å². The van der Waals surface area contributed by atoms with Gasteiger partial charge < -0.3 is 15.8 Å². The van der Waals surface area contributed by atoms with E-state index in [1.165, 1.54) is 0 Å². The molecule has 0 heterocycles. The lowest BCUT2D eigenvalue weighted by molar-refractivity contribution is 0.158. The van der Waals surface area contributed by atoms with Crippen molar-refractivity contribution < 1.29 is 4.74 Å². The largest absolute Gasteiger partial charge is 0.389 e. The van der Waals surface area contributed by atoms with Crippen LogP contribution in [0.1, 0.15) is 12.5 Å². The molecule has 3 nitrogen and oxygen atoms in total. The molecular formula is C11H15ClN2OS. The third-order valence-electron chi connectivity index (χ3n) is 2.03. The topological polar surface area (TPSA) is 47.3 Å². The summed E-state index contributed by atoms with van der Waals surface area (Å²) in [7, 11) is 0. The highest BCUT2D eigenvalue weighted by molar-refractivity contribution is 7.80. The van der Waals surface area contributed by atoms with Crippen LogP contribution in [0.4, 0.5) is 5.69 Å². The summed E-state index contributed by atoms with van der Waals surface area (Å²) in [6, 6.07) is 5.52. The van der Waals surface area contributed by atoms with Crippen LogP contribution in [0.2, 0.25) is 5.02 Å². The van der Waals surface area contributed by atoms with E-state index in [0.29, 0.717) is 35.3 Å². The van der Waals surface area contributed by atoms with Gasteiger partial charge in [0.25, 0.3) is 0 Å². The SMILES string of the molecule is CCOCCNc1cccc(Cl)c1C(N)=S. The van der Waals surface area contributed by atoms with Gasteiger partial charge in [0.2, 0.25) is 0 Å². The molecule has 0 atom stereocenters. The Morgan fingerprint density at radius 2 is 2.31 bits per heavy atom. The molecule has 0 aliphatic heterocycles. The van der Waals surface area contributed by atoms with Crippen LogP contribution in [-0.2, 0) is 4.74 Å². The summed E-state index contributed by atoms with van der Waals surface area (Å²) in [6.07, 6.45) is 0. The second-order valence-electron chi connectivity index (χ2n) is 3.15. The second kappa shape index (κ2) is 6.68. The van der Waals surface area contributed by atoms with E-state index in [1.807, 2.05) is 19.1 Å². The van der Waals surface area contributed by atoms with Gasteiger partial charge >= 0.3 is 0 Å². The highest BCUT2D eigenvalue weighted by atomic mass is 35.5. The predicted molar refractivity (Wildman–Crippen MR) is 72.3 cm³/mol. The first kappa shape index (κ1) is 13.2. The van der Waals surface area contributed by atoms with Gasteiger partial charge in [0, 0.05) is 18.8 Å². The second-order valence-corrected chi connectivity index (χ2v) is 4.00. The summed E-state index contributed by atoms with van der Waals surface area (Å²) in [5, 5.41) is 3.76. The molecule has 3 N–H and O–H groups in total. The first-order valence-corrected chi connectivity index (χ1v) is 5.85. The molecule has 0 unspecified atom stereocenters. The normalized spacial score (nSPS) is 10.1. The third-order valence-corrected chi connectivity index (χ3v) is 2.55. The summed E-state index contributed by atoms with van der Waals surface area (Å²) in [5.74, 6) is 0. The van der Waals surface area contributed by atoms with Gasteiger partial charge in [-0.15, -0.1) is 0 Å². The molecule has 0 saturated heterocycles. The number of rotatable bonds is 6. The van der Waals surface area contributed by atoms with Gasteiger partial charge in [0.05, 0.1) is 17.2 Å². The molecule has 1 rings (SSSR count). The average Bonchev–Trinajstić information content (AvgIpc) is 2.24. The molecule has 0 aromatic heterocycles. The van der Waals surface area contributed by atoms with Crippen molar-refractivity contribution in [2.45, 2.75) is 6.92 Å². The maximum atomic E-state index is 6.03. The van der Waals surface area contributed by atoms with E-state index in [0.717, 1.165) is 5.69 Å². The van der Waals surface area contributed by atoms with E-state index in [4.69, 9.17) is 34.3 Å². The molecule has 0 fully saturated rings. The Morgan fingerprint density at radius 3 is 2.94 bits per heavy atom. The van der Waals surface area contributed by atoms with Crippen molar-refractivity contribution in [3.05, 3.63) is 28.8 Å². The van der Waals surface area contributed by atoms with Crippen LogP contribution >= 0.6 is 23.8 Å². The van der Waals surface area contributed by atoms with E-state index in [1.54, 1.807) is 6.07 Å². The summed E-state index contributed by atoms with van der Waals surface area (Å²) in [5.41, 5.74) is 7.16. The minimum absolute atomic E-state index is 0.296. The smallest absolute Gasteiger partial charge is 0.107 e. The van der Waals surface area contributed by atoms with E-state index in [2.05, 4.69) is 5.32 Å². The number of halogens is 1. The Hall–Kier alpha value is -0.840. The molecule has 88 valence electrons. The molecular weight excluding hydrogens is 244 g/mol. The van der Waals surface area contributed by atoms with E-state index in [9.17, 15) is 0 Å². The summed E-state index contributed by atoms with van der Waals surface area (Å²) < 4.78 is 5.23. The van der Waals surface area contributed by atoms with E-state index in [-0.39, 0.29) is 0 Å². The lowest BCUT2D eigenvalue weighted by Crippen LogP contribution is -2.16. The molecule has 1 aromatic carbocycles. The molecule has 5 heteroatoms. The minimum atomic E-state index is 0.296. The summed E-state index contributed by atoms with van der Waals surface area (Å²) in [4.78, 5) is 0.296. The Morgan fingerprint density at radius 1 is 1.56 bits per heavy atom. The third kappa shape index (κ3) is 3.63. The van der Waals surface area contributed by atoms with Crippen LogP contribution in [-0.4, -0.2) is 24.7 Å². The number of hydrogen-bond acceptors (Lipinski definition) is 3. The lowest BCUT2D eigenvalue weighted by atomic mass is 10.1. The standard InChI is InChI=1S/C11H15ClN2OS/c1-2-15-7-6-14-9-5-3-4-8(12)10(9)11(13)16/h3-5,14H,2,6-7H2,1H3,(H2,13,16). The fraction of sp³-hybridized carbons (Fsp3) is 0.364. The first-order valence-electron chi connectivity index (χ1n) is 5.06. The van der Waals surface area contributed by atoms with Crippen molar-refractivity contribution in [1.82, 2.24) is 0 Å². The van der Waals surface area contributed by atoms with Gasteiger partial charge in [-0.05, 0) is 19.1 Å². The molecule has 0 aliphatic rings. The van der Waals surface area contributed by atoms with Gasteiger partial charge in [0.15, 0.2) is 0 Å². The van der Waals surface area contributed by atoms with Crippen molar-refractivity contribution in [3.63, 3.8) is 0 Å². The van der Waals surface area contributed by atoms with Gasteiger partial charge in [-0.25, -0.2) is 0 Å². The first-order chi connectivity index (χ1) is 7.66. The van der Waals surface area contributed by atoms with Crippen LogP contribution in [0.25, 0.3) is 0 Å². The maximum absolute atomic E-state index is 6.03. The molecule has 16 heavy (non-hydrogen) atoms. The maximum Gasteiger partial charge on any atom is 0.107 e. The fourth-order valence-corrected chi connectivity index (χ4v) is 1.88. The zero-order valence-electron chi connectivity index (χ0n) is 9.13. The molecule has 1 aromatic rings. The molecule has 0 aliphatic carbocycles. The molecule has 0 saturated carbocycles. The zero-order chi connectivity index (χ0) is 12.0. The number of nitrogens with one attached hydrogen (secondary N) is 1. The Labute approximate surface area is 106 Å². The lowest BCUT2D eigenvalue weighted by Gasteiger charge is -2.12. The zero-order valence-corrected chi connectivity index (χ0v) is 10.7. The number of hydrogen-bond donors (Lipinski definition) is 2. The number of thiocarbonyl (C=S) groups is 1. The number of benzene rings is 1. The Kier molecular flexibility index (Phi) is 5.52. The van der Waals surface area contributed by atoms with Crippen LogP contribution in [0.3, 0.4) is 0 Å². The highest BCUT2D eigenvalue weighted by Gasteiger charge is 2.08. The van der Waals surface area contributed by atoms with Crippen molar-refractivity contribution in [1.29, 1.82) is 0 Å². The number of ether oxygens (including phenoxy) is 1. The van der Waals surface area contributed by atoms with Crippen LogP contribution < -0.4 is 11.1 Å². The minimum Gasteiger partial charge on any atom is -0.389 e. The van der Waals surface area contributed by atoms with Gasteiger partial charge in [-0.2, -0.15) is 0 Å². The number of anilines is 1. The van der Waals surface area contributed by atoms with Crippen molar-refractivity contribution >= 4 is 34.5 Å². The monoisotopic (exact) mass is 258 g/mol. The van der Waals surface area contributed by atoms with Gasteiger partial charge in [0.1, 0.15) is 4.99 Å². The Balaban J connectivity index is 2.71. The molecule has 0 bridgehead atoms. The fourth-order valence-electron chi connectivity index (χ4n) is 1.32. The van der Waals surface area contributed by atoms with Crippen LogP contribution in [0, 0.1) is 0 Å². The summed E-state index contributed by atoms with van der Waals surface area (Å²) >= 11 is 11.0. The van der Waals surface area contributed by atoms with Crippen LogP contribution in [0.15, 0.2) is 18.2 Å². The summed E-state index contributed by atoms with van der Waals surface area (Å²) in [6.45, 7) is 4.00. The van der Waals surface area contributed by atoms with E-state index >= 15 is 0 Å². The Bertz CT molecular complexity index is 371. The molecule has 0 amide bonds. The highest BCUT2D eigenvalue weighted by Crippen LogP contribution is 2.23. The van der Waals surface area contributed by atoms with Crippen molar-refractivity contribution in [2.24, 2.45) is 5.73 Å². The van der Waals surface area contributed by atoms with Gasteiger partial charge in [-0.3, -0.25) is 0 Å². The van der Waals surface area contributed by atoms with Crippen LogP contribution in [0.5, 0.6) is 0 Å². The predicted octanol–water partition coefficient (Wildman–Crippen LogP) is 2.42. The van der Waals surface area contributed by atoms with E-state index < -0.39 is 0 Å². The number of nitrogens with two attached hydrogens (primary N) is 1. The quantitative estimate of drug-likeness (QED) is 0.608.